The lowest BCUT2D eigenvalue weighted by molar-refractivity contribution is 0.969. The zero-order chi connectivity index (χ0) is 39.8. The fraction of sp³-hybridized carbons (Fsp3) is 0.0769. The van der Waals surface area contributed by atoms with E-state index in [1.54, 1.807) is 12.2 Å². The average Bonchev–Trinajstić information content (AvgIpc) is 3.28. The van der Waals surface area contributed by atoms with Crippen LogP contribution >= 0.6 is 23.5 Å². The molecule has 0 saturated carbocycles. The third-order valence-corrected chi connectivity index (χ3v) is 12.2. The zero-order valence-corrected chi connectivity index (χ0v) is 34.4. The van der Waals surface area contributed by atoms with Gasteiger partial charge < -0.3 is 9.80 Å². The molecule has 0 N–H and O–H groups in total. The molecule has 2 aromatic heterocycles. The number of anilines is 5. The lowest BCUT2D eigenvalue weighted by Crippen LogP contribution is -2.21. The molecule has 4 nitrogen and oxygen atoms in total. The lowest BCUT2D eigenvalue weighted by Gasteiger charge is -2.35. The Bertz CT molecular complexity index is 2590. The third-order valence-electron chi connectivity index (χ3n) is 9.82. The van der Waals surface area contributed by atoms with Gasteiger partial charge in [0.05, 0.1) is 34.1 Å². The number of nitrogens with zero attached hydrogens (tertiary/aromatic N) is 4. The summed E-state index contributed by atoms with van der Waals surface area (Å²) in [5.74, 6) is 0. The molecule has 0 fully saturated rings. The van der Waals surface area contributed by atoms with Crippen LogP contribution in [-0.2, 0) is 0 Å². The van der Waals surface area contributed by atoms with E-state index < -0.39 is 0 Å². The number of allylic oxidation sites excluding steroid dienone is 5. The van der Waals surface area contributed by atoms with Gasteiger partial charge in [0.2, 0.25) is 0 Å². The number of benzene rings is 5. The van der Waals surface area contributed by atoms with Crippen molar-refractivity contribution in [2.75, 3.05) is 9.80 Å². The maximum atomic E-state index is 4.95. The normalized spacial score (nSPS) is 13.3. The minimum Gasteiger partial charge on any atom is -0.309 e. The second-order valence-corrected chi connectivity index (χ2v) is 16.0. The summed E-state index contributed by atoms with van der Waals surface area (Å²) in [4.78, 5) is 19.9. The van der Waals surface area contributed by atoms with Crippen molar-refractivity contribution < 1.29 is 0 Å². The summed E-state index contributed by atoms with van der Waals surface area (Å²) >= 11 is 3.73. The third kappa shape index (κ3) is 7.69. The van der Waals surface area contributed by atoms with Crippen molar-refractivity contribution in [2.24, 2.45) is 0 Å². The highest BCUT2D eigenvalue weighted by Crippen LogP contribution is 2.52. The van der Waals surface area contributed by atoms with Gasteiger partial charge in [-0.1, -0.05) is 115 Å². The summed E-state index contributed by atoms with van der Waals surface area (Å²) < 4.78 is 0. The molecule has 10 rings (SSSR count). The van der Waals surface area contributed by atoms with E-state index in [0.717, 1.165) is 57.9 Å². The van der Waals surface area contributed by atoms with Crippen LogP contribution in [0.5, 0.6) is 0 Å². The Kier molecular flexibility index (Phi) is 11.9. The van der Waals surface area contributed by atoms with E-state index in [0.29, 0.717) is 0 Å². The van der Waals surface area contributed by atoms with Crippen molar-refractivity contribution in [1.82, 2.24) is 9.97 Å². The first-order chi connectivity index (χ1) is 28.6. The molecular weight excluding hydrogens is 745 g/mol. The number of hydrogen-bond acceptors (Lipinski definition) is 6. The Morgan fingerprint density at radius 1 is 0.517 bits per heavy atom. The van der Waals surface area contributed by atoms with E-state index in [-0.39, 0.29) is 0 Å². The van der Waals surface area contributed by atoms with Gasteiger partial charge in [-0.15, -0.1) is 13.2 Å². The molecule has 58 heavy (non-hydrogen) atoms. The Balaban J connectivity index is 0.000000740. The van der Waals surface area contributed by atoms with E-state index in [1.165, 1.54) is 42.4 Å². The molecule has 2 aliphatic heterocycles. The highest BCUT2D eigenvalue weighted by molar-refractivity contribution is 8.03. The lowest BCUT2D eigenvalue weighted by atomic mass is 9.95. The van der Waals surface area contributed by atoms with Crippen molar-refractivity contribution in [3.63, 3.8) is 0 Å². The monoisotopic (exact) mass is 788 g/mol. The molecule has 5 aromatic carbocycles. The number of rotatable bonds is 5. The van der Waals surface area contributed by atoms with Gasteiger partial charge in [0.1, 0.15) is 0 Å². The number of aromatic nitrogens is 2. The molecule has 0 radical (unpaired) electrons. The Hall–Kier alpha value is -6.34. The molecular formula is C52H44N4S2. The first-order valence-corrected chi connectivity index (χ1v) is 21.1. The largest absolute Gasteiger partial charge is 0.309 e. The van der Waals surface area contributed by atoms with Gasteiger partial charge in [0, 0.05) is 65.6 Å². The number of fused-ring (bicyclic) bond motifs is 3. The van der Waals surface area contributed by atoms with Crippen molar-refractivity contribution in [3.05, 3.63) is 206 Å². The number of thioether (sulfide) groups is 1. The van der Waals surface area contributed by atoms with Gasteiger partial charge in [-0.05, 0) is 106 Å². The van der Waals surface area contributed by atoms with Crippen molar-refractivity contribution in [3.8, 4) is 33.6 Å². The molecule has 1 aliphatic carbocycles. The Labute approximate surface area is 351 Å². The topological polar surface area (TPSA) is 32.3 Å². The molecule has 7 aromatic rings. The fourth-order valence-corrected chi connectivity index (χ4v) is 9.64. The maximum Gasteiger partial charge on any atom is 0.0781 e. The first-order valence-electron chi connectivity index (χ1n) is 19.5. The summed E-state index contributed by atoms with van der Waals surface area (Å²) in [5.41, 5.74) is 13.3. The van der Waals surface area contributed by atoms with Crippen molar-refractivity contribution >= 4 is 52.0 Å². The van der Waals surface area contributed by atoms with Crippen LogP contribution in [0.2, 0.25) is 0 Å². The number of para-hydroxylation sites is 3. The van der Waals surface area contributed by atoms with Gasteiger partial charge in [-0.2, -0.15) is 0 Å². The second-order valence-electron chi connectivity index (χ2n) is 13.7. The molecule has 0 atom stereocenters. The van der Waals surface area contributed by atoms with Crippen LogP contribution in [0.1, 0.15) is 26.7 Å². The zero-order valence-electron chi connectivity index (χ0n) is 32.8. The van der Waals surface area contributed by atoms with Crippen LogP contribution in [0.3, 0.4) is 0 Å². The molecule has 0 saturated heterocycles. The molecule has 0 unspecified atom stereocenters. The highest BCUT2D eigenvalue weighted by atomic mass is 32.2. The average molecular weight is 789 g/mol. The quantitative estimate of drug-likeness (QED) is 0.162. The molecule has 0 bridgehead atoms. The summed E-state index contributed by atoms with van der Waals surface area (Å²) in [5, 5.41) is 0. The standard InChI is InChI=1S/C46H32N4S2.2C3H6/c1-5-17-41-37(13-1)49(38-14-2-6-18-42(38)51-41)33-25-21-31(22-26-33)45-35(11-9-29-47-45)36-12-10-30-48-46(36)32-23-27-34(28-24-32)50-39-15-3-7-19-43(39)52-44-20-8-4-16-40(44)50;2*1-3-2/h1-7,9-19,21-30H,8,20H2;2*3H,1H2,2H3. The summed E-state index contributed by atoms with van der Waals surface area (Å²) in [6, 6.07) is 52.0. The van der Waals surface area contributed by atoms with E-state index in [2.05, 4.69) is 169 Å². The molecule has 0 amide bonds. The van der Waals surface area contributed by atoms with Gasteiger partial charge in [0.15, 0.2) is 0 Å². The first kappa shape index (κ1) is 38.5. The maximum absolute atomic E-state index is 4.95. The Morgan fingerprint density at radius 3 is 1.45 bits per heavy atom. The highest BCUT2D eigenvalue weighted by Gasteiger charge is 2.27. The van der Waals surface area contributed by atoms with E-state index in [4.69, 9.17) is 9.97 Å². The van der Waals surface area contributed by atoms with Gasteiger partial charge in [0.25, 0.3) is 0 Å². The molecule has 3 aliphatic rings. The minimum atomic E-state index is 0.931. The summed E-state index contributed by atoms with van der Waals surface area (Å²) in [6.07, 6.45) is 14.0. The van der Waals surface area contributed by atoms with Crippen LogP contribution in [0, 0.1) is 0 Å². The van der Waals surface area contributed by atoms with Crippen LogP contribution in [0.4, 0.5) is 28.4 Å². The van der Waals surface area contributed by atoms with Crippen LogP contribution < -0.4 is 9.80 Å². The second kappa shape index (κ2) is 17.9. The van der Waals surface area contributed by atoms with Crippen LogP contribution in [-0.4, -0.2) is 9.97 Å². The van der Waals surface area contributed by atoms with E-state index >= 15 is 0 Å². The van der Waals surface area contributed by atoms with Crippen molar-refractivity contribution in [2.45, 2.75) is 41.4 Å². The van der Waals surface area contributed by atoms with Crippen molar-refractivity contribution in [1.29, 1.82) is 0 Å². The SMILES string of the molecule is C1=CC2=C(CC1)Sc1ccccc1N2c1ccc(-c2ncccc2-c2cccnc2-c2ccc(N3c4ccccc4Sc4ccccc43)cc2)cc1.C=CC.C=CC. The van der Waals surface area contributed by atoms with Crippen LogP contribution in [0.15, 0.2) is 221 Å². The summed E-state index contributed by atoms with van der Waals surface area (Å²) in [7, 11) is 0. The van der Waals surface area contributed by atoms with Crippen LogP contribution in [0.25, 0.3) is 33.6 Å². The predicted molar refractivity (Wildman–Crippen MR) is 249 cm³/mol. The molecule has 284 valence electrons. The predicted octanol–water partition coefficient (Wildman–Crippen LogP) is 15.6. The minimum absolute atomic E-state index is 0.931. The van der Waals surface area contributed by atoms with E-state index in [9.17, 15) is 0 Å². The molecule has 4 heterocycles. The smallest absolute Gasteiger partial charge is 0.0781 e. The fourth-order valence-electron chi connectivity index (χ4n) is 7.43. The molecule has 6 heteroatoms. The van der Waals surface area contributed by atoms with Gasteiger partial charge in [-0.3, -0.25) is 9.97 Å². The number of hydrogen-bond donors (Lipinski definition) is 0. The van der Waals surface area contributed by atoms with E-state index in [1.807, 2.05) is 61.9 Å². The number of pyridine rings is 2. The van der Waals surface area contributed by atoms with Gasteiger partial charge >= 0.3 is 0 Å². The summed E-state index contributed by atoms with van der Waals surface area (Å²) in [6.45, 7) is 10.5. The van der Waals surface area contributed by atoms with Gasteiger partial charge in [-0.25, -0.2) is 0 Å². The molecule has 0 spiro atoms. The Morgan fingerprint density at radius 2 is 0.948 bits per heavy atom.